The van der Waals surface area contributed by atoms with Crippen LogP contribution in [0.15, 0.2) is 12.2 Å². The predicted molar refractivity (Wildman–Crippen MR) is 97.0 cm³/mol. The van der Waals surface area contributed by atoms with Gasteiger partial charge in [-0.05, 0) is 70.6 Å². The fraction of sp³-hybridized carbons (Fsp3) is 0.800. The van der Waals surface area contributed by atoms with E-state index < -0.39 is 17.3 Å². The van der Waals surface area contributed by atoms with Gasteiger partial charge in [-0.15, -0.1) is 0 Å². The number of allylic oxidation sites excluding steroid dienone is 2. The molecule has 142 valence electrons. The Balaban J connectivity index is 2.08. The summed E-state index contributed by atoms with van der Waals surface area (Å²) < 4.78 is 10.9. The zero-order valence-corrected chi connectivity index (χ0v) is 16.6. The molecule has 0 aromatic rings. The van der Waals surface area contributed by atoms with Gasteiger partial charge in [-0.25, -0.2) is 4.79 Å². The molecule has 2 rings (SSSR count). The van der Waals surface area contributed by atoms with E-state index >= 15 is 0 Å². The molecule has 1 fully saturated rings. The van der Waals surface area contributed by atoms with Crippen molar-refractivity contribution in [3.63, 3.8) is 0 Å². The van der Waals surface area contributed by atoms with Gasteiger partial charge in [-0.1, -0.05) is 19.1 Å². The lowest BCUT2D eigenvalue weighted by molar-refractivity contribution is -0.162. The van der Waals surface area contributed by atoms with Crippen molar-refractivity contribution in [3.05, 3.63) is 12.2 Å². The van der Waals surface area contributed by atoms with E-state index in [0.717, 1.165) is 6.42 Å². The monoisotopic (exact) mass is 351 g/mol. The van der Waals surface area contributed by atoms with Gasteiger partial charge >= 0.3 is 12.1 Å². The number of amides is 1. The number of alkyl carbamates (subject to hydrolysis) is 1. The molecule has 0 aromatic heterocycles. The Bertz CT molecular complexity index is 561. The maximum atomic E-state index is 12.1. The number of nitrogens with one attached hydrogen (secondary N) is 1. The normalized spacial score (nSPS) is 31.1. The molecule has 1 N–H and O–H groups in total. The Hall–Kier alpha value is -1.52. The average Bonchev–Trinajstić information content (AvgIpc) is 2.67. The van der Waals surface area contributed by atoms with E-state index in [0.29, 0.717) is 30.7 Å². The van der Waals surface area contributed by atoms with Gasteiger partial charge in [-0.3, -0.25) is 4.79 Å². The number of rotatable bonds is 5. The van der Waals surface area contributed by atoms with Crippen LogP contribution in [0.2, 0.25) is 0 Å². The third-order valence-corrected chi connectivity index (χ3v) is 5.29. The number of carbonyl (C=O) groups excluding carboxylic acids is 2. The van der Waals surface area contributed by atoms with Crippen molar-refractivity contribution in [2.45, 2.75) is 72.5 Å². The summed E-state index contributed by atoms with van der Waals surface area (Å²) in [5, 5.41) is 2.95. The summed E-state index contributed by atoms with van der Waals surface area (Å²) in [6, 6.07) is 0. The largest absolute Gasteiger partial charge is 0.460 e. The van der Waals surface area contributed by atoms with Gasteiger partial charge in [0.1, 0.15) is 11.2 Å². The van der Waals surface area contributed by atoms with Crippen LogP contribution in [0, 0.1) is 23.2 Å². The highest BCUT2D eigenvalue weighted by atomic mass is 16.6. The third kappa shape index (κ3) is 4.77. The lowest BCUT2D eigenvalue weighted by atomic mass is 9.50. The Kier molecular flexibility index (Phi) is 5.27. The minimum absolute atomic E-state index is 0.0955. The van der Waals surface area contributed by atoms with Crippen molar-refractivity contribution in [1.82, 2.24) is 5.32 Å². The molecule has 0 heterocycles. The van der Waals surface area contributed by atoms with Crippen molar-refractivity contribution in [1.29, 1.82) is 0 Å². The van der Waals surface area contributed by atoms with Crippen LogP contribution in [0.1, 0.15) is 61.3 Å². The van der Waals surface area contributed by atoms with Gasteiger partial charge in [-0.2, -0.15) is 0 Å². The van der Waals surface area contributed by atoms with Crippen LogP contribution >= 0.6 is 0 Å². The molecule has 1 unspecified atom stereocenters. The van der Waals surface area contributed by atoms with Crippen LogP contribution in [0.4, 0.5) is 4.79 Å². The highest BCUT2D eigenvalue weighted by Crippen LogP contribution is 2.61. The zero-order valence-electron chi connectivity index (χ0n) is 16.6. The Labute approximate surface area is 151 Å². The van der Waals surface area contributed by atoms with Crippen LogP contribution in [0.3, 0.4) is 0 Å². The summed E-state index contributed by atoms with van der Waals surface area (Å²) in [5.41, 5.74) is -1.17. The smallest absolute Gasteiger partial charge is 0.407 e. The first-order chi connectivity index (χ1) is 11.3. The number of fused-ring (bicyclic) bond motifs is 1. The number of ether oxygens (including phenoxy) is 2. The third-order valence-electron chi connectivity index (χ3n) is 5.29. The molecule has 2 aliphatic carbocycles. The second-order valence-electron chi connectivity index (χ2n) is 9.39. The quantitative estimate of drug-likeness (QED) is 0.599. The second kappa shape index (κ2) is 6.65. The van der Waals surface area contributed by atoms with Gasteiger partial charge in [0.05, 0.1) is 0 Å². The Morgan fingerprint density at radius 1 is 1.16 bits per heavy atom. The van der Waals surface area contributed by atoms with Crippen molar-refractivity contribution in [3.8, 4) is 0 Å². The maximum Gasteiger partial charge on any atom is 0.407 e. The lowest BCUT2D eigenvalue weighted by Gasteiger charge is -2.56. The molecule has 0 aromatic carbocycles. The first-order valence-electron chi connectivity index (χ1n) is 9.18. The van der Waals surface area contributed by atoms with Crippen LogP contribution in [-0.2, 0) is 14.3 Å². The second-order valence-corrected chi connectivity index (χ2v) is 9.39. The molecular formula is C20H33NO4. The summed E-state index contributed by atoms with van der Waals surface area (Å²) in [7, 11) is 0. The van der Waals surface area contributed by atoms with Crippen molar-refractivity contribution in [2.24, 2.45) is 23.2 Å². The summed E-state index contributed by atoms with van der Waals surface area (Å²) in [6.45, 7) is 13.7. The number of esters is 1. The van der Waals surface area contributed by atoms with Gasteiger partial charge in [0.2, 0.25) is 0 Å². The minimum Gasteiger partial charge on any atom is -0.460 e. The molecule has 0 radical (unpaired) electrons. The van der Waals surface area contributed by atoms with Gasteiger partial charge < -0.3 is 14.8 Å². The molecule has 1 saturated carbocycles. The summed E-state index contributed by atoms with van der Waals surface area (Å²) in [5.74, 6) is 1.32. The summed E-state index contributed by atoms with van der Waals surface area (Å²) >= 11 is 0. The highest BCUT2D eigenvalue weighted by molar-refractivity contribution is 5.68. The van der Waals surface area contributed by atoms with E-state index in [1.807, 2.05) is 34.6 Å². The zero-order chi connectivity index (χ0) is 19.0. The van der Waals surface area contributed by atoms with Crippen LogP contribution in [-0.4, -0.2) is 29.8 Å². The molecule has 0 bridgehead atoms. The fourth-order valence-corrected chi connectivity index (χ4v) is 4.60. The maximum absolute atomic E-state index is 12.1. The van der Waals surface area contributed by atoms with Crippen molar-refractivity contribution >= 4 is 12.1 Å². The van der Waals surface area contributed by atoms with Crippen LogP contribution in [0.25, 0.3) is 0 Å². The first-order valence-corrected chi connectivity index (χ1v) is 9.18. The SMILES string of the molecule is CC(=O)OC(C)(C)C[C@]1(CNC(=O)OC(C)(C)C)C[C@H]2C(C)C=C[C@H]21. The van der Waals surface area contributed by atoms with Gasteiger partial charge in [0, 0.05) is 13.5 Å². The van der Waals surface area contributed by atoms with E-state index in [9.17, 15) is 9.59 Å². The first kappa shape index (κ1) is 19.8. The van der Waals surface area contributed by atoms with Crippen LogP contribution in [0.5, 0.6) is 0 Å². The van der Waals surface area contributed by atoms with Crippen molar-refractivity contribution < 1.29 is 19.1 Å². The molecule has 0 saturated heterocycles. The predicted octanol–water partition coefficient (Wildman–Crippen LogP) is 4.07. The average molecular weight is 351 g/mol. The molecule has 4 atom stereocenters. The molecule has 0 aliphatic heterocycles. The number of hydrogen-bond acceptors (Lipinski definition) is 4. The Morgan fingerprint density at radius 3 is 2.32 bits per heavy atom. The molecule has 1 amide bonds. The van der Waals surface area contributed by atoms with E-state index in [2.05, 4.69) is 24.4 Å². The molecular weight excluding hydrogens is 318 g/mol. The van der Waals surface area contributed by atoms with E-state index in [4.69, 9.17) is 9.47 Å². The Morgan fingerprint density at radius 2 is 1.80 bits per heavy atom. The molecule has 25 heavy (non-hydrogen) atoms. The molecule has 5 heteroatoms. The highest BCUT2D eigenvalue weighted by Gasteiger charge is 2.57. The number of hydrogen-bond donors (Lipinski definition) is 1. The number of carbonyl (C=O) groups is 2. The topological polar surface area (TPSA) is 64.6 Å². The lowest BCUT2D eigenvalue weighted by Crippen LogP contribution is -2.56. The van der Waals surface area contributed by atoms with Crippen molar-refractivity contribution in [2.75, 3.05) is 6.54 Å². The summed E-state index contributed by atoms with van der Waals surface area (Å²) in [6.07, 6.45) is 5.89. The standard InChI is InChI=1S/C20H33NO4/c1-13-8-9-16-15(13)10-20(16,11-19(6,7)24-14(2)22)12-21-17(23)25-18(3,4)5/h8-9,13,15-16H,10-12H2,1-7H3,(H,21,23)/t13?,15-,16+,20-/m0/s1. The van der Waals surface area contributed by atoms with E-state index in [-0.39, 0.29) is 11.4 Å². The van der Waals surface area contributed by atoms with Gasteiger partial charge in [0.15, 0.2) is 0 Å². The van der Waals surface area contributed by atoms with Crippen LogP contribution < -0.4 is 5.32 Å². The van der Waals surface area contributed by atoms with Gasteiger partial charge in [0.25, 0.3) is 0 Å². The fourth-order valence-electron chi connectivity index (χ4n) is 4.60. The molecule has 5 nitrogen and oxygen atoms in total. The van der Waals surface area contributed by atoms with E-state index in [1.54, 1.807) is 0 Å². The minimum atomic E-state index is -0.563. The summed E-state index contributed by atoms with van der Waals surface area (Å²) in [4.78, 5) is 23.5. The molecule has 0 spiro atoms. The van der Waals surface area contributed by atoms with E-state index in [1.165, 1.54) is 6.92 Å². The molecule has 2 aliphatic rings.